The highest BCUT2D eigenvalue weighted by Gasteiger charge is 2.10. The number of rotatable bonds is 1. The van der Waals surface area contributed by atoms with Gasteiger partial charge in [0.25, 0.3) is 9.12 Å². The van der Waals surface area contributed by atoms with Crippen molar-refractivity contribution >= 4 is 36.4 Å². The normalized spacial score (nSPS) is 10.3. The zero-order chi connectivity index (χ0) is 16.2. The molecule has 0 aromatic heterocycles. The molecule has 3 heteroatoms. The highest BCUT2D eigenvalue weighted by Crippen LogP contribution is 2.37. The molecule has 111 valence electrons. The van der Waals surface area contributed by atoms with Gasteiger partial charge in [-0.2, -0.15) is 0 Å². The third-order valence-corrected chi connectivity index (χ3v) is 4.02. The fourth-order valence-electron chi connectivity index (χ4n) is 3.03. The van der Waals surface area contributed by atoms with Crippen LogP contribution in [0, 0.1) is 0 Å². The second-order valence-corrected chi connectivity index (χ2v) is 5.28. The first kappa shape index (κ1) is 15.2. The molecule has 2 nitrogen and oxygen atoms in total. The highest BCUT2D eigenvalue weighted by molar-refractivity contribution is 7.00. The fraction of sp³-hybridized carbons (Fsp3) is 0. The van der Waals surface area contributed by atoms with Gasteiger partial charge in [0.15, 0.2) is 0 Å². The van der Waals surface area contributed by atoms with Gasteiger partial charge in [-0.3, -0.25) is 4.57 Å². The van der Waals surface area contributed by atoms with Crippen LogP contribution in [0.1, 0.15) is 0 Å². The summed E-state index contributed by atoms with van der Waals surface area (Å²) in [5, 5.41) is 4.90. The van der Waals surface area contributed by atoms with E-state index >= 15 is 0 Å². The van der Waals surface area contributed by atoms with Crippen LogP contribution >= 0.6 is 9.12 Å². The van der Waals surface area contributed by atoms with Crippen molar-refractivity contribution in [3.8, 4) is 11.1 Å². The molecule has 0 aliphatic heterocycles. The molecule has 0 saturated carbocycles. The van der Waals surface area contributed by atoms with Crippen molar-refractivity contribution < 1.29 is 4.57 Å². The van der Waals surface area contributed by atoms with Crippen LogP contribution < -0.4 is 5.73 Å². The van der Waals surface area contributed by atoms with Gasteiger partial charge in [-0.05, 0) is 33.2 Å². The lowest BCUT2D eigenvalue weighted by Gasteiger charge is -2.13. The van der Waals surface area contributed by atoms with E-state index in [0.717, 1.165) is 11.3 Å². The third kappa shape index (κ3) is 2.69. The molecule has 0 unspecified atom stereocenters. The smallest absolute Gasteiger partial charge is 0.261 e. The van der Waals surface area contributed by atoms with Gasteiger partial charge >= 0.3 is 0 Å². The Labute approximate surface area is 137 Å². The lowest BCUT2D eigenvalue weighted by atomic mass is 9.93. The summed E-state index contributed by atoms with van der Waals surface area (Å²) in [6.45, 7) is 0. The minimum absolute atomic E-state index is 0.824. The van der Waals surface area contributed by atoms with Crippen LogP contribution in [-0.2, 0) is 4.57 Å². The molecule has 4 aromatic carbocycles. The minimum Gasteiger partial charge on any atom is -0.398 e. The van der Waals surface area contributed by atoms with Gasteiger partial charge in [-0.15, -0.1) is 0 Å². The summed E-state index contributed by atoms with van der Waals surface area (Å²) in [6.07, 6.45) is 0. The molecule has 0 amide bonds. The van der Waals surface area contributed by atoms with Gasteiger partial charge in [0.2, 0.25) is 0 Å². The predicted molar refractivity (Wildman–Crippen MR) is 98.9 cm³/mol. The van der Waals surface area contributed by atoms with Crippen molar-refractivity contribution in [2.45, 2.75) is 0 Å². The summed E-state index contributed by atoms with van der Waals surface area (Å²) in [7, 11) is 2.28. The Morgan fingerprint density at radius 3 is 1.91 bits per heavy atom. The summed E-state index contributed by atoms with van der Waals surface area (Å²) in [5.74, 6) is 0. The average Bonchev–Trinajstić information content (AvgIpc) is 2.63. The average molecular weight is 316 g/mol. The van der Waals surface area contributed by atoms with Gasteiger partial charge in [0.05, 0.1) is 0 Å². The van der Waals surface area contributed by atoms with Crippen LogP contribution in [0.2, 0.25) is 0 Å². The van der Waals surface area contributed by atoms with E-state index in [-0.39, 0.29) is 0 Å². The van der Waals surface area contributed by atoms with Crippen molar-refractivity contribution in [2.24, 2.45) is 0 Å². The SMILES string of the molecule is Nc1ccc2ccccc2c1-c1cccc2ccccc12.O=[P]. The molecule has 0 heterocycles. The van der Waals surface area contributed by atoms with Crippen LogP contribution in [0.5, 0.6) is 0 Å². The van der Waals surface area contributed by atoms with Crippen molar-refractivity contribution in [3.63, 3.8) is 0 Å². The van der Waals surface area contributed by atoms with Gasteiger partial charge in [-0.25, -0.2) is 0 Å². The van der Waals surface area contributed by atoms with Crippen LogP contribution in [0.25, 0.3) is 32.7 Å². The lowest BCUT2D eigenvalue weighted by molar-refractivity contribution is 0.607. The fourth-order valence-corrected chi connectivity index (χ4v) is 3.03. The van der Waals surface area contributed by atoms with Crippen LogP contribution in [0.3, 0.4) is 0 Å². The van der Waals surface area contributed by atoms with E-state index in [1.165, 1.54) is 27.1 Å². The van der Waals surface area contributed by atoms with Gasteiger partial charge in [0.1, 0.15) is 0 Å². The second kappa shape index (κ2) is 6.60. The Hall–Kier alpha value is -2.70. The molecule has 0 aliphatic carbocycles. The van der Waals surface area contributed by atoms with E-state index in [9.17, 15) is 0 Å². The summed E-state index contributed by atoms with van der Waals surface area (Å²) in [5.41, 5.74) is 9.46. The Kier molecular flexibility index (Phi) is 4.36. The number of hydrogen-bond donors (Lipinski definition) is 1. The molecule has 0 aliphatic rings. The second-order valence-electron chi connectivity index (χ2n) is 5.28. The summed E-state index contributed by atoms with van der Waals surface area (Å²) < 4.78 is 7.94. The van der Waals surface area contributed by atoms with Gasteiger partial charge in [-0.1, -0.05) is 72.8 Å². The first-order valence-electron chi connectivity index (χ1n) is 7.28. The van der Waals surface area contributed by atoms with Crippen molar-refractivity contribution in [1.82, 2.24) is 0 Å². The Morgan fingerprint density at radius 1 is 0.609 bits per heavy atom. The summed E-state index contributed by atoms with van der Waals surface area (Å²) >= 11 is 0. The number of benzene rings is 4. The van der Waals surface area contributed by atoms with E-state index < -0.39 is 0 Å². The maximum atomic E-state index is 7.94. The van der Waals surface area contributed by atoms with Crippen molar-refractivity contribution in [3.05, 3.63) is 78.9 Å². The molecule has 0 bridgehead atoms. The zero-order valence-electron chi connectivity index (χ0n) is 12.4. The van der Waals surface area contributed by atoms with E-state index in [0.29, 0.717) is 0 Å². The topological polar surface area (TPSA) is 43.1 Å². The molecule has 4 rings (SSSR count). The Balaban J connectivity index is 0.000000753. The lowest BCUT2D eigenvalue weighted by Crippen LogP contribution is -1.92. The molecule has 1 radical (unpaired) electrons. The molecule has 2 N–H and O–H groups in total. The maximum absolute atomic E-state index is 7.94. The van der Waals surface area contributed by atoms with E-state index in [2.05, 4.69) is 81.9 Å². The van der Waals surface area contributed by atoms with E-state index in [1.807, 2.05) is 6.07 Å². The first-order valence-corrected chi connectivity index (χ1v) is 7.65. The van der Waals surface area contributed by atoms with Crippen molar-refractivity contribution in [2.75, 3.05) is 5.73 Å². The molecular weight excluding hydrogens is 301 g/mol. The monoisotopic (exact) mass is 316 g/mol. The molecule has 4 aromatic rings. The molecule has 0 fully saturated rings. The molecular formula is C20H15NOP. The Morgan fingerprint density at radius 2 is 1.17 bits per heavy atom. The summed E-state index contributed by atoms with van der Waals surface area (Å²) in [6, 6.07) is 27.3. The van der Waals surface area contributed by atoms with Gasteiger partial charge < -0.3 is 5.73 Å². The summed E-state index contributed by atoms with van der Waals surface area (Å²) in [4.78, 5) is 0. The minimum atomic E-state index is 0.824. The third-order valence-electron chi connectivity index (χ3n) is 4.02. The first-order chi connectivity index (χ1) is 11.3. The van der Waals surface area contributed by atoms with E-state index in [4.69, 9.17) is 10.3 Å². The quantitative estimate of drug-likeness (QED) is 0.346. The number of nitrogens with two attached hydrogens (primary N) is 1. The molecule has 0 saturated heterocycles. The predicted octanol–water partition coefficient (Wildman–Crippen LogP) is 5.98. The number of nitrogen functional groups attached to an aromatic ring is 1. The van der Waals surface area contributed by atoms with E-state index in [1.54, 1.807) is 0 Å². The van der Waals surface area contributed by atoms with Gasteiger partial charge in [0, 0.05) is 11.3 Å². The largest absolute Gasteiger partial charge is 0.398 e. The van der Waals surface area contributed by atoms with Crippen molar-refractivity contribution in [1.29, 1.82) is 0 Å². The van der Waals surface area contributed by atoms with Crippen LogP contribution in [0.15, 0.2) is 78.9 Å². The number of anilines is 1. The van der Waals surface area contributed by atoms with Crippen LogP contribution in [0.4, 0.5) is 5.69 Å². The zero-order valence-corrected chi connectivity index (χ0v) is 13.3. The van der Waals surface area contributed by atoms with Crippen LogP contribution in [-0.4, -0.2) is 0 Å². The Bertz CT molecular complexity index is 976. The molecule has 0 spiro atoms. The number of hydrogen-bond acceptors (Lipinski definition) is 2. The standard InChI is InChI=1S/C20H15N.OP/c21-19-13-12-15-7-2-4-10-17(15)20(19)18-11-5-8-14-6-1-3-9-16(14)18;1-2/h1-13H,21H2;. The molecule has 0 atom stereocenters. The molecule has 23 heavy (non-hydrogen) atoms. The highest BCUT2D eigenvalue weighted by atomic mass is 31.0. The maximum Gasteiger partial charge on any atom is 0.261 e. The number of fused-ring (bicyclic) bond motifs is 2.